The molecule has 0 aliphatic carbocycles. The topological polar surface area (TPSA) is 69.1 Å². The Morgan fingerprint density at radius 2 is 2.33 bits per heavy atom. The van der Waals surface area contributed by atoms with E-state index in [0.717, 1.165) is 17.8 Å². The van der Waals surface area contributed by atoms with Crippen LogP contribution in [0.2, 0.25) is 0 Å². The molecule has 2 rings (SSSR count). The SMILES string of the molecule is NCCc1cn2ncnc2cn1. The van der Waals surface area contributed by atoms with E-state index < -0.39 is 0 Å². The molecule has 0 amide bonds. The molecule has 2 N–H and O–H groups in total. The zero-order valence-corrected chi connectivity index (χ0v) is 6.51. The lowest BCUT2D eigenvalue weighted by Gasteiger charge is -1.96. The van der Waals surface area contributed by atoms with E-state index in [9.17, 15) is 0 Å². The monoisotopic (exact) mass is 163 g/mol. The highest BCUT2D eigenvalue weighted by molar-refractivity contribution is 5.32. The predicted molar refractivity (Wildman–Crippen MR) is 43.5 cm³/mol. The van der Waals surface area contributed by atoms with Crippen LogP contribution in [0.25, 0.3) is 5.65 Å². The van der Waals surface area contributed by atoms with Crippen molar-refractivity contribution < 1.29 is 0 Å². The van der Waals surface area contributed by atoms with Gasteiger partial charge in [0.05, 0.1) is 18.1 Å². The van der Waals surface area contributed by atoms with Crippen molar-refractivity contribution in [2.24, 2.45) is 5.73 Å². The van der Waals surface area contributed by atoms with Crippen molar-refractivity contribution in [3.05, 3.63) is 24.4 Å². The van der Waals surface area contributed by atoms with Crippen molar-refractivity contribution in [1.29, 1.82) is 0 Å². The van der Waals surface area contributed by atoms with Crippen molar-refractivity contribution in [2.45, 2.75) is 6.42 Å². The molecular formula is C7H9N5. The van der Waals surface area contributed by atoms with Gasteiger partial charge in [-0.2, -0.15) is 5.10 Å². The highest BCUT2D eigenvalue weighted by Crippen LogP contribution is 1.98. The van der Waals surface area contributed by atoms with Gasteiger partial charge in [-0.05, 0) is 6.54 Å². The van der Waals surface area contributed by atoms with Crippen molar-refractivity contribution in [3.8, 4) is 0 Å². The minimum absolute atomic E-state index is 0.604. The molecule has 0 saturated heterocycles. The van der Waals surface area contributed by atoms with Crippen LogP contribution < -0.4 is 5.73 Å². The van der Waals surface area contributed by atoms with E-state index in [-0.39, 0.29) is 0 Å². The number of rotatable bonds is 2. The molecule has 0 fully saturated rings. The molecule has 0 aliphatic heterocycles. The first kappa shape index (κ1) is 7.17. The molecule has 0 unspecified atom stereocenters. The van der Waals surface area contributed by atoms with Crippen LogP contribution in [0.1, 0.15) is 5.69 Å². The van der Waals surface area contributed by atoms with Crippen LogP contribution >= 0.6 is 0 Å². The summed E-state index contributed by atoms with van der Waals surface area (Å²) in [5.41, 5.74) is 7.09. The first-order chi connectivity index (χ1) is 5.90. The molecule has 5 nitrogen and oxygen atoms in total. The second kappa shape index (κ2) is 2.86. The van der Waals surface area contributed by atoms with E-state index in [1.165, 1.54) is 6.33 Å². The number of aromatic nitrogens is 4. The molecule has 0 bridgehead atoms. The summed E-state index contributed by atoms with van der Waals surface area (Å²) >= 11 is 0. The first-order valence-electron chi connectivity index (χ1n) is 3.74. The number of hydrogen-bond acceptors (Lipinski definition) is 4. The van der Waals surface area contributed by atoms with E-state index in [1.807, 2.05) is 6.20 Å². The molecular weight excluding hydrogens is 154 g/mol. The molecule has 2 aromatic rings. The van der Waals surface area contributed by atoms with Gasteiger partial charge in [0.1, 0.15) is 6.33 Å². The van der Waals surface area contributed by atoms with Crippen LogP contribution in [0, 0.1) is 0 Å². The fourth-order valence-electron chi connectivity index (χ4n) is 1.04. The van der Waals surface area contributed by atoms with Gasteiger partial charge in [-0.3, -0.25) is 4.98 Å². The molecule has 62 valence electrons. The molecule has 12 heavy (non-hydrogen) atoms. The fourth-order valence-corrected chi connectivity index (χ4v) is 1.04. The minimum atomic E-state index is 0.604. The summed E-state index contributed by atoms with van der Waals surface area (Å²) < 4.78 is 1.69. The van der Waals surface area contributed by atoms with Gasteiger partial charge in [0.25, 0.3) is 0 Å². The highest BCUT2D eigenvalue weighted by Gasteiger charge is 1.97. The van der Waals surface area contributed by atoms with E-state index >= 15 is 0 Å². The maximum atomic E-state index is 5.39. The average molecular weight is 163 g/mol. The van der Waals surface area contributed by atoms with E-state index in [1.54, 1.807) is 10.7 Å². The Kier molecular flexibility index (Phi) is 1.71. The third kappa shape index (κ3) is 1.14. The van der Waals surface area contributed by atoms with E-state index in [0.29, 0.717) is 6.54 Å². The lowest BCUT2D eigenvalue weighted by Crippen LogP contribution is -2.05. The quantitative estimate of drug-likeness (QED) is 0.655. The van der Waals surface area contributed by atoms with Gasteiger partial charge in [-0.25, -0.2) is 9.50 Å². The summed E-state index contributed by atoms with van der Waals surface area (Å²) in [4.78, 5) is 8.14. The Bertz CT molecular complexity index is 380. The Labute approximate surface area is 69.2 Å². The lowest BCUT2D eigenvalue weighted by atomic mass is 10.3. The first-order valence-corrected chi connectivity index (χ1v) is 3.74. The Balaban J connectivity index is 2.46. The van der Waals surface area contributed by atoms with E-state index in [4.69, 9.17) is 5.73 Å². The molecule has 0 atom stereocenters. The summed E-state index contributed by atoms with van der Waals surface area (Å²) in [6.45, 7) is 0.604. The fraction of sp³-hybridized carbons (Fsp3) is 0.286. The van der Waals surface area contributed by atoms with Gasteiger partial charge in [-0.15, -0.1) is 0 Å². The van der Waals surface area contributed by atoms with Crippen LogP contribution in [-0.4, -0.2) is 26.1 Å². The second-order valence-corrected chi connectivity index (χ2v) is 2.48. The molecule has 0 saturated carbocycles. The number of nitrogens with zero attached hydrogens (tertiary/aromatic N) is 4. The maximum absolute atomic E-state index is 5.39. The molecule has 2 aromatic heterocycles. The van der Waals surface area contributed by atoms with Crippen molar-refractivity contribution >= 4 is 5.65 Å². The van der Waals surface area contributed by atoms with Crippen molar-refractivity contribution in [2.75, 3.05) is 6.54 Å². The van der Waals surface area contributed by atoms with Gasteiger partial charge in [0.15, 0.2) is 5.65 Å². The molecule has 5 heteroatoms. The molecule has 0 spiro atoms. The van der Waals surface area contributed by atoms with Gasteiger partial charge < -0.3 is 5.73 Å². The predicted octanol–water partition coefficient (Wildman–Crippen LogP) is -0.375. The normalized spacial score (nSPS) is 10.8. The van der Waals surface area contributed by atoms with Gasteiger partial charge in [0.2, 0.25) is 0 Å². The van der Waals surface area contributed by atoms with Crippen molar-refractivity contribution in [3.63, 3.8) is 0 Å². The maximum Gasteiger partial charge on any atom is 0.173 e. The van der Waals surface area contributed by atoms with Gasteiger partial charge in [-0.1, -0.05) is 0 Å². The summed E-state index contributed by atoms with van der Waals surface area (Å²) in [6.07, 6.45) is 5.81. The average Bonchev–Trinajstić information content (AvgIpc) is 2.51. The molecule has 2 heterocycles. The molecule has 0 aliphatic rings. The van der Waals surface area contributed by atoms with Crippen LogP contribution in [0.5, 0.6) is 0 Å². The van der Waals surface area contributed by atoms with Crippen molar-refractivity contribution in [1.82, 2.24) is 19.6 Å². The standard InChI is InChI=1S/C7H9N5/c8-2-1-6-4-12-7(3-9-6)10-5-11-12/h3-5H,1-2,8H2. The van der Waals surface area contributed by atoms with Crippen LogP contribution in [-0.2, 0) is 6.42 Å². The Morgan fingerprint density at radius 3 is 3.17 bits per heavy atom. The van der Waals surface area contributed by atoms with Gasteiger partial charge >= 0.3 is 0 Å². The van der Waals surface area contributed by atoms with Crippen LogP contribution in [0.15, 0.2) is 18.7 Å². The molecule has 0 radical (unpaired) electrons. The molecule has 0 aromatic carbocycles. The highest BCUT2D eigenvalue weighted by atomic mass is 15.3. The minimum Gasteiger partial charge on any atom is -0.330 e. The van der Waals surface area contributed by atoms with Crippen LogP contribution in [0.3, 0.4) is 0 Å². The lowest BCUT2D eigenvalue weighted by molar-refractivity contribution is 0.865. The largest absolute Gasteiger partial charge is 0.330 e. The third-order valence-corrected chi connectivity index (χ3v) is 1.62. The Morgan fingerprint density at radius 1 is 1.42 bits per heavy atom. The zero-order valence-electron chi connectivity index (χ0n) is 6.51. The zero-order chi connectivity index (χ0) is 8.39. The van der Waals surface area contributed by atoms with Crippen LogP contribution in [0.4, 0.5) is 0 Å². The summed E-state index contributed by atoms with van der Waals surface area (Å²) in [7, 11) is 0. The Hall–Kier alpha value is -1.49. The second-order valence-electron chi connectivity index (χ2n) is 2.48. The van der Waals surface area contributed by atoms with Gasteiger partial charge in [0, 0.05) is 6.42 Å². The van der Waals surface area contributed by atoms with E-state index in [2.05, 4.69) is 15.1 Å². The summed E-state index contributed by atoms with van der Waals surface area (Å²) in [6, 6.07) is 0. The number of hydrogen-bond donors (Lipinski definition) is 1. The number of nitrogens with two attached hydrogens (primary N) is 1. The summed E-state index contributed by atoms with van der Waals surface area (Å²) in [5, 5.41) is 3.99. The smallest absolute Gasteiger partial charge is 0.173 e. The summed E-state index contributed by atoms with van der Waals surface area (Å²) in [5.74, 6) is 0. The third-order valence-electron chi connectivity index (χ3n) is 1.62. The number of fused-ring (bicyclic) bond motifs is 1.